The van der Waals surface area contributed by atoms with Crippen LogP contribution in [0.5, 0.6) is 5.75 Å². The lowest BCUT2D eigenvalue weighted by atomic mass is 9.86. The molecule has 0 radical (unpaired) electrons. The van der Waals surface area contributed by atoms with Crippen molar-refractivity contribution in [3.63, 3.8) is 0 Å². The summed E-state index contributed by atoms with van der Waals surface area (Å²) in [5, 5.41) is 3.79. The normalized spacial score (nSPS) is 16.6. The predicted molar refractivity (Wildman–Crippen MR) is 116 cm³/mol. The topological polar surface area (TPSA) is 12.5 Å². The zero-order valence-electron chi connectivity index (χ0n) is 16.4. The van der Waals surface area contributed by atoms with Gasteiger partial charge in [0.25, 0.3) is 0 Å². The van der Waals surface area contributed by atoms with Gasteiger partial charge in [0, 0.05) is 17.3 Å². The van der Waals surface area contributed by atoms with Crippen molar-refractivity contribution in [1.29, 1.82) is 0 Å². The largest absolute Gasteiger partial charge is 0.496 e. The molecule has 3 heteroatoms. The van der Waals surface area contributed by atoms with Crippen LogP contribution in [-0.2, 0) is 19.3 Å². The molecule has 1 aliphatic carbocycles. The second kappa shape index (κ2) is 8.45. The van der Waals surface area contributed by atoms with Crippen molar-refractivity contribution in [3.8, 4) is 5.75 Å². The van der Waals surface area contributed by atoms with Crippen LogP contribution in [0.3, 0.4) is 0 Å². The van der Waals surface area contributed by atoms with Crippen molar-refractivity contribution < 1.29 is 4.74 Å². The molecule has 27 heavy (non-hydrogen) atoms. The Balaban J connectivity index is 1.49. The predicted octanol–water partition coefficient (Wildman–Crippen LogP) is 5.72. The molecule has 2 aromatic carbocycles. The van der Waals surface area contributed by atoms with Gasteiger partial charge in [-0.2, -0.15) is 0 Å². The number of benzene rings is 2. The van der Waals surface area contributed by atoms with Gasteiger partial charge in [0.2, 0.25) is 0 Å². The molecule has 0 amide bonds. The van der Waals surface area contributed by atoms with Crippen molar-refractivity contribution in [2.45, 2.75) is 45.1 Å². The van der Waals surface area contributed by atoms with Crippen LogP contribution >= 0.6 is 11.3 Å². The minimum Gasteiger partial charge on any atom is -0.496 e. The Morgan fingerprint density at radius 2 is 2.00 bits per heavy atom. The van der Waals surface area contributed by atoms with E-state index >= 15 is 0 Å². The number of methoxy groups -OCH3 is 1. The maximum Gasteiger partial charge on any atom is 0.122 e. The molecular weight excluding hydrogens is 350 g/mol. The Hall–Kier alpha value is -1.84. The molecule has 0 spiro atoms. The molecule has 1 heterocycles. The van der Waals surface area contributed by atoms with Gasteiger partial charge < -0.3 is 4.74 Å². The molecule has 0 fully saturated rings. The van der Waals surface area contributed by atoms with E-state index < -0.39 is 0 Å². The minimum atomic E-state index is 0.624. The molecule has 0 bridgehead atoms. The van der Waals surface area contributed by atoms with E-state index in [1.54, 1.807) is 7.11 Å². The van der Waals surface area contributed by atoms with Gasteiger partial charge in [-0.3, -0.25) is 4.90 Å². The molecule has 2 nitrogen and oxygen atoms in total. The Labute approximate surface area is 166 Å². The second-order valence-corrected chi connectivity index (χ2v) is 8.45. The van der Waals surface area contributed by atoms with Crippen molar-refractivity contribution >= 4 is 21.4 Å². The van der Waals surface area contributed by atoms with Crippen LogP contribution in [0.2, 0.25) is 0 Å². The van der Waals surface area contributed by atoms with Crippen LogP contribution in [0.15, 0.2) is 47.8 Å². The molecule has 1 unspecified atom stereocenters. The highest BCUT2D eigenvalue weighted by Gasteiger charge is 2.26. The Morgan fingerprint density at radius 1 is 1.11 bits per heavy atom. The van der Waals surface area contributed by atoms with Crippen LogP contribution in [0.4, 0.5) is 0 Å². The van der Waals surface area contributed by atoms with E-state index in [0.717, 1.165) is 25.1 Å². The average Bonchev–Trinajstić information content (AvgIpc) is 3.13. The number of hydrogen-bond acceptors (Lipinski definition) is 3. The van der Waals surface area contributed by atoms with Gasteiger partial charge in [-0.1, -0.05) is 37.3 Å². The van der Waals surface area contributed by atoms with Crippen molar-refractivity contribution in [1.82, 2.24) is 4.90 Å². The summed E-state index contributed by atoms with van der Waals surface area (Å²) in [6, 6.07) is 15.9. The fraction of sp³-hybridized carbons (Fsp3) is 0.417. The van der Waals surface area contributed by atoms with Gasteiger partial charge in [0.15, 0.2) is 0 Å². The molecule has 1 aromatic heterocycles. The average molecular weight is 380 g/mol. The number of fused-ring (bicyclic) bond motifs is 2. The van der Waals surface area contributed by atoms with E-state index in [-0.39, 0.29) is 0 Å². The Morgan fingerprint density at radius 3 is 2.85 bits per heavy atom. The van der Waals surface area contributed by atoms with Crippen LogP contribution in [0.1, 0.15) is 36.5 Å². The van der Waals surface area contributed by atoms with Gasteiger partial charge in [0.05, 0.1) is 7.11 Å². The molecule has 1 atom stereocenters. The molecule has 0 aliphatic heterocycles. The summed E-state index contributed by atoms with van der Waals surface area (Å²) < 4.78 is 7.06. The lowest BCUT2D eigenvalue weighted by Gasteiger charge is -2.35. The van der Waals surface area contributed by atoms with E-state index in [0.29, 0.717) is 6.04 Å². The molecule has 3 aromatic rings. The summed E-state index contributed by atoms with van der Waals surface area (Å²) in [6.45, 7) is 4.62. The number of hydrogen-bond donors (Lipinski definition) is 0. The summed E-state index contributed by atoms with van der Waals surface area (Å²) in [7, 11) is 1.80. The molecule has 0 saturated carbocycles. The van der Waals surface area contributed by atoms with Crippen LogP contribution in [0, 0.1) is 0 Å². The fourth-order valence-electron chi connectivity index (χ4n) is 4.49. The monoisotopic (exact) mass is 379 g/mol. The Bertz CT molecular complexity index is 886. The molecule has 4 rings (SSSR count). The molecule has 0 N–H and O–H groups in total. The van der Waals surface area contributed by atoms with Gasteiger partial charge in [-0.15, -0.1) is 11.3 Å². The first-order valence-electron chi connectivity index (χ1n) is 10.1. The molecule has 0 saturated heterocycles. The minimum absolute atomic E-state index is 0.624. The van der Waals surface area contributed by atoms with Crippen LogP contribution in [0.25, 0.3) is 10.1 Å². The SMILES string of the molecule is CCCN(CCc1csc2ccccc12)C1CCc2cccc(OC)c2C1. The smallest absolute Gasteiger partial charge is 0.122 e. The summed E-state index contributed by atoms with van der Waals surface area (Å²) in [5.41, 5.74) is 4.41. The Kier molecular flexibility index (Phi) is 5.80. The first-order chi connectivity index (χ1) is 13.3. The maximum absolute atomic E-state index is 5.65. The third kappa shape index (κ3) is 3.90. The quantitative estimate of drug-likeness (QED) is 0.520. The summed E-state index contributed by atoms with van der Waals surface area (Å²) >= 11 is 1.88. The lowest BCUT2D eigenvalue weighted by molar-refractivity contribution is 0.180. The number of thiophene rings is 1. The zero-order chi connectivity index (χ0) is 18.6. The van der Waals surface area contributed by atoms with Crippen molar-refractivity contribution in [2.75, 3.05) is 20.2 Å². The van der Waals surface area contributed by atoms with E-state index in [9.17, 15) is 0 Å². The second-order valence-electron chi connectivity index (χ2n) is 7.54. The number of rotatable bonds is 7. The van der Waals surface area contributed by atoms with E-state index in [2.05, 4.69) is 59.7 Å². The molecule has 142 valence electrons. The number of ether oxygens (including phenoxy) is 1. The fourth-order valence-corrected chi connectivity index (χ4v) is 5.49. The van der Waals surface area contributed by atoms with Crippen molar-refractivity contribution in [3.05, 3.63) is 64.5 Å². The first-order valence-corrected chi connectivity index (χ1v) is 11.0. The number of nitrogens with zero attached hydrogens (tertiary/aromatic N) is 1. The van der Waals surface area contributed by atoms with Crippen LogP contribution in [-0.4, -0.2) is 31.1 Å². The summed E-state index contributed by atoms with van der Waals surface area (Å²) in [4.78, 5) is 2.72. The zero-order valence-corrected chi connectivity index (χ0v) is 17.2. The third-order valence-corrected chi connectivity index (χ3v) is 6.91. The van der Waals surface area contributed by atoms with Gasteiger partial charge >= 0.3 is 0 Å². The van der Waals surface area contributed by atoms with Gasteiger partial charge in [-0.05, 0) is 78.2 Å². The highest BCUT2D eigenvalue weighted by Crippen LogP contribution is 2.32. The molecule has 1 aliphatic rings. The highest BCUT2D eigenvalue weighted by atomic mass is 32.1. The van der Waals surface area contributed by atoms with Crippen LogP contribution < -0.4 is 4.74 Å². The van der Waals surface area contributed by atoms with E-state index in [4.69, 9.17) is 4.74 Å². The molecular formula is C24H29NOS. The first kappa shape index (κ1) is 18.5. The summed E-state index contributed by atoms with van der Waals surface area (Å²) in [6.07, 6.45) is 5.88. The van der Waals surface area contributed by atoms with E-state index in [1.807, 2.05) is 11.3 Å². The highest BCUT2D eigenvalue weighted by molar-refractivity contribution is 7.17. The number of aryl methyl sites for hydroxylation is 1. The third-order valence-electron chi connectivity index (χ3n) is 5.89. The lowest BCUT2D eigenvalue weighted by Crippen LogP contribution is -2.41. The summed E-state index contributed by atoms with van der Waals surface area (Å²) in [5.74, 6) is 1.07. The van der Waals surface area contributed by atoms with Crippen molar-refractivity contribution in [2.24, 2.45) is 0 Å². The van der Waals surface area contributed by atoms with Gasteiger partial charge in [0.1, 0.15) is 5.75 Å². The van der Waals surface area contributed by atoms with Gasteiger partial charge in [-0.25, -0.2) is 0 Å². The standard InChI is InChI=1S/C24H29NOS/c1-3-14-25(15-13-19-17-27-24-10-5-4-8-21(19)24)20-12-11-18-7-6-9-23(26-2)22(18)16-20/h4-10,17,20H,3,11-16H2,1-2H3. The van der Waals surface area contributed by atoms with E-state index in [1.165, 1.54) is 52.6 Å². The maximum atomic E-state index is 5.65.